The number of amides is 1. The van der Waals surface area contributed by atoms with Crippen molar-refractivity contribution < 1.29 is 13.6 Å². The summed E-state index contributed by atoms with van der Waals surface area (Å²) in [6.07, 6.45) is 2.44. The third kappa shape index (κ3) is 4.41. The van der Waals surface area contributed by atoms with Gasteiger partial charge in [0.15, 0.2) is 0 Å². The van der Waals surface area contributed by atoms with Crippen molar-refractivity contribution in [1.29, 1.82) is 0 Å². The summed E-state index contributed by atoms with van der Waals surface area (Å²) < 4.78 is 19.1. The van der Waals surface area contributed by atoms with E-state index in [1.165, 1.54) is 12.1 Å². The van der Waals surface area contributed by atoms with E-state index in [9.17, 15) is 9.18 Å². The second-order valence-corrected chi connectivity index (χ2v) is 8.39. The third-order valence-corrected chi connectivity index (χ3v) is 4.70. The largest absolute Gasteiger partial charge is 0.425 e. The average molecular weight is 380 g/mol. The van der Waals surface area contributed by atoms with E-state index in [0.717, 1.165) is 18.9 Å². The second-order valence-electron chi connectivity index (χ2n) is 7.99. The molecule has 1 amide bonds. The van der Waals surface area contributed by atoms with Gasteiger partial charge in [0.1, 0.15) is 5.82 Å². The van der Waals surface area contributed by atoms with Crippen molar-refractivity contribution in [3.05, 3.63) is 46.4 Å². The molecule has 1 aliphatic rings. The molecule has 26 heavy (non-hydrogen) atoms. The fourth-order valence-electron chi connectivity index (χ4n) is 3.15. The lowest BCUT2D eigenvalue weighted by Crippen LogP contribution is -2.39. The van der Waals surface area contributed by atoms with Gasteiger partial charge in [-0.1, -0.05) is 32.4 Å². The van der Waals surface area contributed by atoms with Crippen molar-refractivity contribution in [2.75, 3.05) is 13.1 Å². The summed E-state index contributed by atoms with van der Waals surface area (Å²) in [6, 6.07) is 3.84. The molecule has 1 saturated heterocycles. The molecule has 0 aliphatic carbocycles. The van der Waals surface area contributed by atoms with Gasteiger partial charge in [0, 0.05) is 19.5 Å². The highest BCUT2D eigenvalue weighted by molar-refractivity contribution is 6.33. The van der Waals surface area contributed by atoms with Crippen molar-refractivity contribution in [1.82, 2.24) is 15.1 Å². The van der Waals surface area contributed by atoms with Gasteiger partial charge in [0.25, 0.3) is 5.91 Å². The van der Waals surface area contributed by atoms with Crippen LogP contribution in [0.4, 0.5) is 4.39 Å². The third-order valence-electron chi connectivity index (χ3n) is 4.38. The van der Waals surface area contributed by atoms with Crippen LogP contribution in [0.5, 0.6) is 0 Å². The second kappa shape index (κ2) is 7.35. The number of hydrogen-bond donors (Lipinski definition) is 0. The van der Waals surface area contributed by atoms with Gasteiger partial charge in [-0.2, -0.15) is 0 Å². The van der Waals surface area contributed by atoms with E-state index in [0.29, 0.717) is 36.9 Å². The standard InChI is InChI=1S/C19H23ClFN3O2/c1-19(2,3)10-16-22-23-17(26-16)12-5-4-8-24(11-12)18(25)14-7-6-13(21)9-15(14)20/h6-7,9,12H,4-5,8,10-11H2,1-3H3. The molecule has 2 heterocycles. The number of nitrogens with zero attached hydrogens (tertiary/aromatic N) is 3. The molecule has 1 aromatic heterocycles. The molecular formula is C19H23ClFN3O2. The molecule has 0 bridgehead atoms. The van der Waals surface area contributed by atoms with E-state index in [1.807, 2.05) is 0 Å². The number of aromatic nitrogens is 2. The fraction of sp³-hybridized carbons (Fsp3) is 0.526. The summed E-state index contributed by atoms with van der Waals surface area (Å²) in [5, 5.41) is 8.46. The van der Waals surface area contributed by atoms with Gasteiger partial charge in [-0.15, -0.1) is 10.2 Å². The molecule has 7 heteroatoms. The molecule has 0 radical (unpaired) electrons. The molecule has 0 spiro atoms. The average Bonchev–Trinajstić information content (AvgIpc) is 3.01. The predicted molar refractivity (Wildman–Crippen MR) is 96.7 cm³/mol. The maximum absolute atomic E-state index is 13.2. The Kier molecular flexibility index (Phi) is 5.32. The summed E-state index contributed by atoms with van der Waals surface area (Å²) in [4.78, 5) is 14.5. The number of halogens is 2. The van der Waals surface area contributed by atoms with Crippen LogP contribution in [0.15, 0.2) is 22.6 Å². The smallest absolute Gasteiger partial charge is 0.255 e. The van der Waals surface area contributed by atoms with Crippen molar-refractivity contribution in [3.8, 4) is 0 Å². The summed E-state index contributed by atoms with van der Waals surface area (Å²) in [5.74, 6) is 0.548. The van der Waals surface area contributed by atoms with Crippen LogP contribution in [-0.4, -0.2) is 34.1 Å². The molecule has 1 fully saturated rings. The van der Waals surface area contributed by atoms with E-state index in [-0.39, 0.29) is 22.3 Å². The molecule has 0 N–H and O–H groups in total. The van der Waals surface area contributed by atoms with Crippen LogP contribution in [-0.2, 0) is 6.42 Å². The lowest BCUT2D eigenvalue weighted by atomic mass is 9.92. The van der Waals surface area contributed by atoms with E-state index in [1.54, 1.807) is 4.90 Å². The number of carbonyl (C=O) groups excluding carboxylic acids is 1. The monoisotopic (exact) mass is 379 g/mol. The Balaban J connectivity index is 1.72. The van der Waals surface area contributed by atoms with Gasteiger partial charge in [0.2, 0.25) is 11.8 Å². The van der Waals surface area contributed by atoms with Crippen LogP contribution in [0.3, 0.4) is 0 Å². The predicted octanol–water partition coefficient (Wildman–Crippen LogP) is 4.47. The zero-order chi connectivity index (χ0) is 18.9. The molecule has 1 atom stereocenters. The van der Waals surface area contributed by atoms with Gasteiger partial charge in [0.05, 0.1) is 16.5 Å². The van der Waals surface area contributed by atoms with Gasteiger partial charge < -0.3 is 9.32 Å². The Morgan fingerprint density at radius 2 is 2.15 bits per heavy atom. The summed E-state index contributed by atoms with van der Waals surface area (Å²) >= 11 is 6.03. The molecule has 1 aliphatic heterocycles. The Labute approximate surface area is 157 Å². The Hall–Kier alpha value is -1.95. The fourth-order valence-corrected chi connectivity index (χ4v) is 3.40. The number of hydrogen-bond acceptors (Lipinski definition) is 4. The van der Waals surface area contributed by atoms with Crippen LogP contribution in [0.2, 0.25) is 5.02 Å². The van der Waals surface area contributed by atoms with Crippen LogP contribution in [0.25, 0.3) is 0 Å². The lowest BCUT2D eigenvalue weighted by molar-refractivity contribution is 0.0698. The molecule has 140 valence electrons. The van der Waals surface area contributed by atoms with Crippen molar-refractivity contribution in [2.24, 2.45) is 5.41 Å². The van der Waals surface area contributed by atoms with Gasteiger partial charge in [-0.05, 0) is 36.5 Å². The van der Waals surface area contributed by atoms with Crippen LogP contribution >= 0.6 is 11.6 Å². The molecule has 1 aromatic carbocycles. The lowest BCUT2D eigenvalue weighted by Gasteiger charge is -2.31. The van der Waals surface area contributed by atoms with Crippen molar-refractivity contribution in [3.63, 3.8) is 0 Å². The number of rotatable bonds is 3. The quantitative estimate of drug-likeness (QED) is 0.789. The van der Waals surface area contributed by atoms with E-state index < -0.39 is 5.82 Å². The molecule has 2 aromatic rings. The number of carbonyl (C=O) groups is 1. The molecule has 5 nitrogen and oxygen atoms in total. The molecule has 0 saturated carbocycles. The van der Waals surface area contributed by atoms with E-state index in [4.69, 9.17) is 16.0 Å². The zero-order valence-corrected chi connectivity index (χ0v) is 16.0. The number of likely N-dealkylation sites (tertiary alicyclic amines) is 1. The minimum atomic E-state index is -0.458. The molecule has 3 rings (SSSR count). The first-order valence-electron chi connectivity index (χ1n) is 8.79. The Morgan fingerprint density at radius 3 is 2.85 bits per heavy atom. The highest BCUT2D eigenvalue weighted by atomic mass is 35.5. The molecular weight excluding hydrogens is 357 g/mol. The SMILES string of the molecule is CC(C)(C)Cc1nnc(C2CCCN(C(=O)c3ccc(F)cc3Cl)C2)o1. The minimum absolute atomic E-state index is 0.00754. The first-order chi connectivity index (χ1) is 12.2. The van der Waals surface area contributed by atoms with Crippen molar-refractivity contribution in [2.45, 2.75) is 46.0 Å². The van der Waals surface area contributed by atoms with Crippen LogP contribution < -0.4 is 0 Å². The number of benzene rings is 1. The van der Waals surface area contributed by atoms with Gasteiger partial charge in [-0.3, -0.25) is 4.79 Å². The highest BCUT2D eigenvalue weighted by Gasteiger charge is 2.30. The van der Waals surface area contributed by atoms with Crippen molar-refractivity contribution >= 4 is 17.5 Å². The Bertz CT molecular complexity index is 800. The minimum Gasteiger partial charge on any atom is -0.425 e. The van der Waals surface area contributed by atoms with E-state index >= 15 is 0 Å². The maximum Gasteiger partial charge on any atom is 0.255 e. The summed E-state index contributed by atoms with van der Waals surface area (Å²) in [6.45, 7) is 7.47. The topological polar surface area (TPSA) is 59.2 Å². The first kappa shape index (κ1) is 18.8. The summed E-state index contributed by atoms with van der Waals surface area (Å²) in [7, 11) is 0. The van der Waals surface area contributed by atoms with Crippen LogP contribution in [0, 0.1) is 11.2 Å². The van der Waals surface area contributed by atoms with Gasteiger partial charge in [-0.25, -0.2) is 4.39 Å². The normalized spacial score (nSPS) is 18.2. The number of piperidine rings is 1. The highest BCUT2D eigenvalue weighted by Crippen LogP contribution is 2.29. The Morgan fingerprint density at radius 1 is 1.38 bits per heavy atom. The van der Waals surface area contributed by atoms with Gasteiger partial charge >= 0.3 is 0 Å². The van der Waals surface area contributed by atoms with E-state index in [2.05, 4.69) is 31.0 Å². The zero-order valence-electron chi connectivity index (χ0n) is 15.3. The first-order valence-corrected chi connectivity index (χ1v) is 9.17. The maximum atomic E-state index is 13.2. The van der Waals surface area contributed by atoms with Crippen LogP contribution in [0.1, 0.15) is 61.7 Å². The molecule has 1 unspecified atom stereocenters. The summed E-state index contributed by atoms with van der Waals surface area (Å²) in [5.41, 5.74) is 0.380.